The molecule has 1 heterocycles. The summed E-state index contributed by atoms with van der Waals surface area (Å²) in [5.41, 5.74) is -0.0729. The lowest BCUT2D eigenvalue weighted by Gasteiger charge is -1.98. The Kier molecular flexibility index (Phi) is 1.21. The molecule has 0 bridgehead atoms. The van der Waals surface area contributed by atoms with Crippen LogP contribution in [0.15, 0.2) is 0 Å². The molecule has 54 valence electrons. The molecule has 0 aromatic rings. The summed E-state index contributed by atoms with van der Waals surface area (Å²) in [4.78, 5) is 0. The van der Waals surface area contributed by atoms with Gasteiger partial charge in [0, 0.05) is 6.04 Å². The van der Waals surface area contributed by atoms with E-state index >= 15 is 0 Å². The van der Waals surface area contributed by atoms with E-state index in [0.717, 1.165) is 6.42 Å². The van der Waals surface area contributed by atoms with E-state index < -0.39 is 0 Å². The van der Waals surface area contributed by atoms with E-state index in [1.807, 2.05) is 0 Å². The molecule has 2 nitrogen and oxygen atoms in total. The van der Waals surface area contributed by atoms with Gasteiger partial charge in [0.05, 0.1) is 6.07 Å². The van der Waals surface area contributed by atoms with Crippen LogP contribution in [0.1, 0.15) is 32.1 Å². The van der Waals surface area contributed by atoms with Crippen molar-refractivity contribution in [3.63, 3.8) is 0 Å². The van der Waals surface area contributed by atoms with Gasteiger partial charge in [-0.05, 0) is 12.8 Å². The molecule has 1 aliphatic heterocycles. The van der Waals surface area contributed by atoms with E-state index in [2.05, 4.69) is 11.4 Å². The zero-order chi connectivity index (χ0) is 7.03. The van der Waals surface area contributed by atoms with Crippen molar-refractivity contribution in [2.75, 3.05) is 0 Å². The molecule has 0 amide bonds. The lowest BCUT2D eigenvalue weighted by Crippen LogP contribution is -2.12. The monoisotopic (exact) mass is 136 g/mol. The summed E-state index contributed by atoms with van der Waals surface area (Å²) in [6.07, 6.45) is 6.15. The second kappa shape index (κ2) is 1.96. The van der Waals surface area contributed by atoms with Crippen LogP contribution < -0.4 is 5.32 Å². The Balaban J connectivity index is 2.08. The number of hydrogen-bond donors (Lipinski definition) is 1. The molecule has 1 aliphatic carbocycles. The predicted octanol–water partition coefficient (Wildman–Crippen LogP) is 1.18. The third-order valence-electron chi connectivity index (χ3n) is 2.71. The van der Waals surface area contributed by atoms with Crippen molar-refractivity contribution in [2.24, 2.45) is 0 Å². The largest absolute Gasteiger partial charge is 0.292 e. The van der Waals surface area contributed by atoms with Gasteiger partial charge in [-0.2, -0.15) is 5.26 Å². The maximum atomic E-state index is 8.80. The second-order valence-corrected chi connectivity index (χ2v) is 3.38. The van der Waals surface area contributed by atoms with Crippen molar-refractivity contribution in [2.45, 2.75) is 43.7 Å². The highest BCUT2D eigenvalue weighted by molar-refractivity contribution is 5.27. The van der Waals surface area contributed by atoms with Gasteiger partial charge in [0.1, 0.15) is 5.54 Å². The van der Waals surface area contributed by atoms with Gasteiger partial charge in [0.15, 0.2) is 0 Å². The quantitative estimate of drug-likeness (QED) is 0.508. The molecule has 1 saturated heterocycles. The van der Waals surface area contributed by atoms with Crippen molar-refractivity contribution in [1.82, 2.24) is 5.32 Å². The number of hydrogen-bond acceptors (Lipinski definition) is 2. The van der Waals surface area contributed by atoms with Crippen LogP contribution in [0.3, 0.4) is 0 Å². The minimum absolute atomic E-state index is 0.0729. The van der Waals surface area contributed by atoms with E-state index in [9.17, 15) is 0 Å². The summed E-state index contributed by atoms with van der Waals surface area (Å²) in [5, 5.41) is 12.1. The summed E-state index contributed by atoms with van der Waals surface area (Å²) in [6, 6.07) is 2.92. The molecule has 2 fully saturated rings. The first-order chi connectivity index (χ1) is 4.87. The lowest BCUT2D eigenvalue weighted by molar-refractivity contribution is 0.622. The predicted molar refractivity (Wildman–Crippen MR) is 38.4 cm³/mol. The first-order valence-electron chi connectivity index (χ1n) is 4.06. The van der Waals surface area contributed by atoms with E-state index in [1.165, 1.54) is 25.7 Å². The Hall–Kier alpha value is -0.550. The van der Waals surface area contributed by atoms with Crippen LogP contribution in [0.5, 0.6) is 0 Å². The SMILES string of the molecule is N#CC12CCCCCC1N2. The molecule has 2 rings (SSSR count). The fraction of sp³-hybridized carbons (Fsp3) is 0.875. The van der Waals surface area contributed by atoms with Crippen LogP contribution >= 0.6 is 0 Å². The normalized spacial score (nSPS) is 44.9. The summed E-state index contributed by atoms with van der Waals surface area (Å²) in [6.45, 7) is 0. The summed E-state index contributed by atoms with van der Waals surface area (Å²) < 4.78 is 0. The van der Waals surface area contributed by atoms with Crippen molar-refractivity contribution < 1.29 is 0 Å². The Labute approximate surface area is 61.2 Å². The van der Waals surface area contributed by atoms with Crippen LogP contribution in [0.2, 0.25) is 0 Å². The average Bonchev–Trinajstić information content (AvgIpc) is 2.59. The number of nitrogens with zero attached hydrogens (tertiary/aromatic N) is 1. The van der Waals surface area contributed by atoms with Crippen LogP contribution in [-0.2, 0) is 0 Å². The van der Waals surface area contributed by atoms with E-state index in [-0.39, 0.29) is 5.54 Å². The highest BCUT2D eigenvalue weighted by Crippen LogP contribution is 2.37. The fourth-order valence-corrected chi connectivity index (χ4v) is 1.93. The van der Waals surface area contributed by atoms with Gasteiger partial charge in [-0.3, -0.25) is 5.32 Å². The van der Waals surface area contributed by atoms with Gasteiger partial charge in [0.25, 0.3) is 0 Å². The molecule has 2 heteroatoms. The molecule has 2 unspecified atom stereocenters. The van der Waals surface area contributed by atoms with Crippen LogP contribution in [0, 0.1) is 11.3 Å². The zero-order valence-electron chi connectivity index (χ0n) is 6.06. The Morgan fingerprint density at radius 3 is 3.10 bits per heavy atom. The van der Waals surface area contributed by atoms with Gasteiger partial charge in [-0.15, -0.1) is 0 Å². The highest BCUT2D eigenvalue weighted by atomic mass is 15.2. The fourth-order valence-electron chi connectivity index (χ4n) is 1.93. The molecule has 2 atom stereocenters. The van der Waals surface area contributed by atoms with Crippen molar-refractivity contribution in [3.05, 3.63) is 0 Å². The van der Waals surface area contributed by atoms with Gasteiger partial charge < -0.3 is 0 Å². The number of rotatable bonds is 0. The average molecular weight is 136 g/mol. The zero-order valence-corrected chi connectivity index (χ0v) is 6.06. The first kappa shape index (κ1) is 6.18. The summed E-state index contributed by atoms with van der Waals surface area (Å²) >= 11 is 0. The molecule has 2 aliphatic rings. The Morgan fingerprint density at radius 2 is 2.30 bits per heavy atom. The van der Waals surface area contributed by atoms with E-state index in [0.29, 0.717) is 6.04 Å². The molecule has 0 aromatic carbocycles. The third-order valence-corrected chi connectivity index (χ3v) is 2.71. The highest BCUT2D eigenvalue weighted by Gasteiger charge is 2.53. The Bertz CT molecular complexity index is 182. The lowest BCUT2D eigenvalue weighted by atomic mass is 10.0. The maximum Gasteiger partial charge on any atom is 0.122 e. The standard InChI is InChI=1S/C8H12N2/c9-6-8-5-3-1-2-4-7(8)10-8/h7,10H,1-5H2. The van der Waals surface area contributed by atoms with Gasteiger partial charge in [-0.25, -0.2) is 0 Å². The number of fused-ring (bicyclic) bond motifs is 1. The van der Waals surface area contributed by atoms with Crippen molar-refractivity contribution in [3.8, 4) is 6.07 Å². The number of nitriles is 1. The van der Waals surface area contributed by atoms with Gasteiger partial charge in [0.2, 0.25) is 0 Å². The van der Waals surface area contributed by atoms with Crippen LogP contribution in [-0.4, -0.2) is 11.6 Å². The van der Waals surface area contributed by atoms with E-state index in [4.69, 9.17) is 5.26 Å². The molecule has 0 radical (unpaired) electrons. The third kappa shape index (κ3) is 0.741. The first-order valence-corrected chi connectivity index (χ1v) is 4.06. The Morgan fingerprint density at radius 1 is 1.40 bits per heavy atom. The van der Waals surface area contributed by atoms with Crippen LogP contribution in [0.4, 0.5) is 0 Å². The summed E-state index contributed by atoms with van der Waals surface area (Å²) in [7, 11) is 0. The number of nitrogens with one attached hydrogen (secondary N) is 1. The minimum atomic E-state index is -0.0729. The van der Waals surface area contributed by atoms with E-state index in [1.54, 1.807) is 0 Å². The molecular weight excluding hydrogens is 124 g/mol. The summed E-state index contributed by atoms with van der Waals surface area (Å²) in [5.74, 6) is 0. The minimum Gasteiger partial charge on any atom is -0.292 e. The molecule has 0 aromatic heterocycles. The van der Waals surface area contributed by atoms with Crippen molar-refractivity contribution >= 4 is 0 Å². The van der Waals surface area contributed by atoms with Crippen molar-refractivity contribution in [1.29, 1.82) is 5.26 Å². The second-order valence-electron chi connectivity index (χ2n) is 3.38. The molecule has 1 N–H and O–H groups in total. The molecule has 10 heavy (non-hydrogen) atoms. The van der Waals surface area contributed by atoms with Gasteiger partial charge in [-0.1, -0.05) is 19.3 Å². The topological polar surface area (TPSA) is 45.7 Å². The molecular formula is C8H12N2. The smallest absolute Gasteiger partial charge is 0.122 e. The molecule has 1 saturated carbocycles. The molecule has 0 spiro atoms. The maximum absolute atomic E-state index is 8.80. The van der Waals surface area contributed by atoms with Crippen LogP contribution in [0.25, 0.3) is 0 Å². The van der Waals surface area contributed by atoms with Gasteiger partial charge >= 0.3 is 0 Å².